The molecule has 0 spiro atoms. The second kappa shape index (κ2) is 10.7. The molecule has 9 nitrogen and oxygen atoms in total. The summed E-state index contributed by atoms with van der Waals surface area (Å²) in [4.78, 5) is 13.1. The van der Waals surface area contributed by atoms with E-state index in [4.69, 9.17) is 11.6 Å². The van der Waals surface area contributed by atoms with Crippen molar-refractivity contribution in [3.8, 4) is 5.82 Å². The van der Waals surface area contributed by atoms with Gasteiger partial charge in [0.05, 0.1) is 19.3 Å². The molecule has 1 aromatic carbocycles. The smallest absolute Gasteiger partial charge is 0.224 e. The summed E-state index contributed by atoms with van der Waals surface area (Å²) in [5, 5.41) is 36.0. The number of aliphatic hydroxyl groups is 3. The van der Waals surface area contributed by atoms with Gasteiger partial charge in [-0.3, -0.25) is 9.88 Å². The van der Waals surface area contributed by atoms with Crippen LogP contribution in [0.4, 0.5) is 5.95 Å². The van der Waals surface area contributed by atoms with E-state index in [9.17, 15) is 15.3 Å². The minimum absolute atomic E-state index is 0.0131. The number of imidazole rings is 1. The zero-order valence-corrected chi connectivity index (χ0v) is 18.2. The molecule has 0 radical (unpaired) electrons. The molecule has 0 saturated carbocycles. The number of hydrogen-bond acceptors (Lipinski definition) is 8. The summed E-state index contributed by atoms with van der Waals surface area (Å²) in [6.07, 6.45) is 4.66. The van der Waals surface area contributed by atoms with E-state index in [0.717, 1.165) is 17.5 Å². The Balaban J connectivity index is 1.73. The van der Waals surface area contributed by atoms with Gasteiger partial charge in [-0.15, -0.1) is 0 Å². The van der Waals surface area contributed by atoms with E-state index < -0.39 is 6.23 Å². The molecule has 2 unspecified atom stereocenters. The highest BCUT2D eigenvalue weighted by molar-refractivity contribution is 6.31. The molecule has 0 aliphatic rings. The van der Waals surface area contributed by atoms with Crippen LogP contribution in [0.25, 0.3) is 5.82 Å². The molecule has 2 heterocycles. The number of anilines is 1. The third kappa shape index (κ3) is 5.57. The lowest BCUT2D eigenvalue weighted by Crippen LogP contribution is -2.24. The SMILES string of the molecule is CCC(CO)Nc1ncc(C)c(-n2cnc(C(O)NCc3cccc(Cl)c3CO)c2)n1. The summed E-state index contributed by atoms with van der Waals surface area (Å²) < 4.78 is 1.71. The molecule has 10 heteroatoms. The van der Waals surface area contributed by atoms with Gasteiger partial charge in [-0.2, -0.15) is 4.98 Å². The number of hydrogen-bond donors (Lipinski definition) is 5. The zero-order chi connectivity index (χ0) is 22.4. The number of halogens is 1. The first kappa shape index (κ1) is 23.1. The first-order valence-corrected chi connectivity index (χ1v) is 10.4. The standard InChI is InChI=1S/C21H27ClN6O3/c1-3-15(10-29)26-21-24-7-13(2)19(27-21)28-9-18(25-12-28)20(31)23-8-14-5-4-6-17(22)16(14)11-30/h4-7,9,12,15,20,23,29-31H,3,8,10-11H2,1-2H3,(H,24,26,27). The van der Waals surface area contributed by atoms with Crippen LogP contribution in [0.1, 0.15) is 42.0 Å². The second-order valence-electron chi connectivity index (χ2n) is 7.16. The third-order valence-electron chi connectivity index (χ3n) is 4.98. The van der Waals surface area contributed by atoms with Crippen LogP contribution in [-0.4, -0.2) is 47.5 Å². The van der Waals surface area contributed by atoms with Crippen molar-refractivity contribution in [2.24, 2.45) is 0 Å². The van der Waals surface area contributed by atoms with E-state index in [1.54, 1.807) is 35.4 Å². The van der Waals surface area contributed by atoms with Crippen LogP contribution < -0.4 is 10.6 Å². The van der Waals surface area contributed by atoms with E-state index in [1.807, 2.05) is 19.9 Å². The predicted octanol–water partition coefficient (Wildman–Crippen LogP) is 2.08. The molecule has 3 aromatic rings. The van der Waals surface area contributed by atoms with Crippen LogP contribution in [0.3, 0.4) is 0 Å². The number of aryl methyl sites for hydroxylation is 1. The van der Waals surface area contributed by atoms with Gasteiger partial charge in [-0.1, -0.05) is 30.7 Å². The van der Waals surface area contributed by atoms with E-state index in [2.05, 4.69) is 25.6 Å². The lowest BCUT2D eigenvalue weighted by molar-refractivity contribution is 0.132. The van der Waals surface area contributed by atoms with Crippen molar-refractivity contribution in [2.45, 2.75) is 45.7 Å². The summed E-state index contributed by atoms with van der Waals surface area (Å²) in [6, 6.07) is 5.22. The van der Waals surface area contributed by atoms with Crippen LogP contribution in [0.15, 0.2) is 36.9 Å². The molecule has 0 aliphatic carbocycles. The molecule has 2 atom stereocenters. The van der Waals surface area contributed by atoms with Crippen molar-refractivity contribution < 1.29 is 15.3 Å². The highest BCUT2D eigenvalue weighted by Crippen LogP contribution is 2.21. The van der Waals surface area contributed by atoms with Crippen molar-refractivity contribution in [1.29, 1.82) is 0 Å². The quantitative estimate of drug-likeness (QED) is 0.299. The van der Waals surface area contributed by atoms with Crippen molar-refractivity contribution >= 4 is 17.5 Å². The van der Waals surface area contributed by atoms with E-state index in [0.29, 0.717) is 34.6 Å². The van der Waals surface area contributed by atoms with Gasteiger partial charge in [0.1, 0.15) is 24.1 Å². The van der Waals surface area contributed by atoms with Crippen molar-refractivity contribution in [3.63, 3.8) is 0 Å². The maximum atomic E-state index is 10.5. The highest BCUT2D eigenvalue weighted by atomic mass is 35.5. The van der Waals surface area contributed by atoms with Crippen LogP contribution in [0.2, 0.25) is 5.02 Å². The Morgan fingerprint density at radius 3 is 2.74 bits per heavy atom. The number of aliphatic hydroxyl groups excluding tert-OH is 3. The average Bonchev–Trinajstić information content (AvgIpc) is 3.27. The van der Waals surface area contributed by atoms with Gasteiger partial charge >= 0.3 is 0 Å². The molecule has 31 heavy (non-hydrogen) atoms. The molecule has 3 rings (SSSR count). The van der Waals surface area contributed by atoms with Crippen molar-refractivity contribution in [1.82, 2.24) is 24.8 Å². The maximum absolute atomic E-state index is 10.5. The monoisotopic (exact) mass is 446 g/mol. The lowest BCUT2D eigenvalue weighted by atomic mass is 10.1. The largest absolute Gasteiger partial charge is 0.394 e. The normalized spacial score (nSPS) is 13.2. The molecule has 166 valence electrons. The van der Waals surface area contributed by atoms with Crippen LogP contribution >= 0.6 is 11.6 Å². The highest BCUT2D eigenvalue weighted by Gasteiger charge is 2.15. The maximum Gasteiger partial charge on any atom is 0.224 e. The molecule has 2 aromatic heterocycles. The van der Waals surface area contributed by atoms with Crippen molar-refractivity contribution in [3.05, 3.63) is 64.3 Å². The number of aromatic nitrogens is 4. The van der Waals surface area contributed by atoms with Gasteiger partial charge in [-0.25, -0.2) is 9.97 Å². The summed E-state index contributed by atoms with van der Waals surface area (Å²) in [5.41, 5.74) is 2.67. The van der Waals surface area contributed by atoms with Crippen LogP contribution in [0, 0.1) is 6.92 Å². The van der Waals surface area contributed by atoms with Gasteiger partial charge in [0.15, 0.2) is 0 Å². The zero-order valence-electron chi connectivity index (χ0n) is 17.5. The minimum Gasteiger partial charge on any atom is -0.394 e. The molecule has 0 aliphatic heterocycles. The minimum atomic E-state index is -1.02. The second-order valence-corrected chi connectivity index (χ2v) is 7.56. The van der Waals surface area contributed by atoms with Crippen LogP contribution in [-0.2, 0) is 13.2 Å². The molecule has 0 fully saturated rings. The Morgan fingerprint density at radius 2 is 2.03 bits per heavy atom. The van der Waals surface area contributed by atoms with Gasteiger partial charge < -0.3 is 20.6 Å². The average molecular weight is 447 g/mol. The number of rotatable bonds is 10. The molecule has 0 amide bonds. The number of nitrogens with zero attached hydrogens (tertiary/aromatic N) is 4. The summed E-state index contributed by atoms with van der Waals surface area (Å²) in [6.45, 7) is 3.96. The summed E-state index contributed by atoms with van der Waals surface area (Å²) >= 11 is 6.11. The third-order valence-corrected chi connectivity index (χ3v) is 5.33. The Labute approximate surface area is 185 Å². The van der Waals surface area contributed by atoms with Gasteiger partial charge in [-0.05, 0) is 25.0 Å². The van der Waals surface area contributed by atoms with E-state index >= 15 is 0 Å². The molecule has 0 bridgehead atoms. The summed E-state index contributed by atoms with van der Waals surface area (Å²) in [5.74, 6) is 1.03. The summed E-state index contributed by atoms with van der Waals surface area (Å²) in [7, 11) is 0. The van der Waals surface area contributed by atoms with Crippen molar-refractivity contribution in [2.75, 3.05) is 11.9 Å². The predicted molar refractivity (Wildman–Crippen MR) is 118 cm³/mol. The number of nitrogens with one attached hydrogen (secondary N) is 2. The Morgan fingerprint density at radius 1 is 1.23 bits per heavy atom. The van der Waals surface area contributed by atoms with E-state index in [-0.39, 0.29) is 19.3 Å². The molecular formula is C21H27ClN6O3. The van der Waals surface area contributed by atoms with E-state index in [1.165, 1.54) is 0 Å². The fourth-order valence-corrected chi connectivity index (χ4v) is 3.33. The fraction of sp³-hybridized carbons (Fsp3) is 0.381. The molecule has 5 N–H and O–H groups in total. The molecular weight excluding hydrogens is 420 g/mol. The Bertz CT molecular complexity index is 1010. The molecule has 0 saturated heterocycles. The van der Waals surface area contributed by atoms with Gasteiger partial charge in [0.2, 0.25) is 5.95 Å². The first-order chi connectivity index (χ1) is 15.0. The topological polar surface area (TPSA) is 128 Å². The van der Waals surface area contributed by atoms with Gasteiger partial charge in [0, 0.05) is 35.1 Å². The number of benzene rings is 1. The Kier molecular flexibility index (Phi) is 7.94. The van der Waals surface area contributed by atoms with Gasteiger partial charge in [0.25, 0.3) is 0 Å². The Hall–Kier alpha value is -2.56. The van der Waals surface area contributed by atoms with Crippen LogP contribution in [0.5, 0.6) is 0 Å². The fourth-order valence-electron chi connectivity index (χ4n) is 3.08. The lowest BCUT2D eigenvalue weighted by Gasteiger charge is -2.15. The first-order valence-electron chi connectivity index (χ1n) is 10.0.